The lowest BCUT2D eigenvalue weighted by atomic mass is 10.00. The van der Waals surface area contributed by atoms with Crippen molar-refractivity contribution >= 4 is 11.9 Å². The Hall–Kier alpha value is -4.24. The third-order valence-corrected chi connectivity index (χ3v) is 4.44. The molecule has 0 unspecified atom stereocenters. The molecule has 0 spiro atoms. The van der Waals surface area contributed by atoms with E-state index in [1.807, 2.05) is 0 Å². The van der Waals surface area contributed by atoms with Gasteiger partial charge in [-0.15, -0.1) is 0 Å². The highest BCUT2D eigenvalue weighted by molar-refractivity contribution is 5.89. The van der Waals surface area contributed by atoms with Crippen LogP contribution in [-0.4, -0.2) is 36.4 Å². The molecule has 6 nitrogen and oxygen atoms in total. The first-order valence-electron chi connectivity index (χ1n) is 8.88. The molecule has 0 amide bonds. The second-order valence-electron chi connectivity index (χ2n) is 6.27. The number of benzene rings is 3. The summed E-state index contributed by atoms with van der Waals surface area (Å²) in [5.74, 6) is 5.12. The third kappa shape index (κ3) is 4.42. The zero-order valence-electron chi connectivity index (χ0n) is 16.3. The third-order valence-electron chi connectivity index (χ3n) is 4.44. The van der Waals surface area contributed by atoms with Crippen LogP contribution in [0, 0.1) is 11.8 Å². The lowest BCUT2D eigenvalue weighted by molar-refractivity contribution is 0.0686. The summed E-state index contributed by atoms with van der Waals surface area (Å²) in [5.41, 5.74) is 3.16. The van der Waals surface area contributed by atoms with E-state index < -0.39 is 11.9 Å². The summed E-state index contributed by atoms with van der Waals surface area (Å²) in [4.78, 5) is 22.0. The molecule has 0 saturated heterocycles. The number of hydrogen-bond donors (Lipinski definition) is 2. The van der Waals surface area contributed by atoms with Crippen molar-refractivity contribution < 1.29 is 29.3 Å². The normalized spacial score (nSPS) is 9.93. The number of carbonyl (C=O) groups is 2. The molecular formula is C24H18O6. The number of rotatable bonds is 5. The predicted octanol–water partition coefficient (Wildman–Crippen LogP) is 4.17. The van der Waals surface area contributed by atoms with E-state index >= 15 is 0 Å². The first kappa shape index (κ1) is 20.5. The zero-order valence-corrected chi connectivity index (χ0v) is 16.3. The van der Waals surface area contributed by atoms with Crippen molar-refractivity contribution in [2.45, 2.75) is 0 Å². The fraction of sp³-hybridized carbons (Fsp3) is 0.0833. The van der Waals surface area contributed by atoms with Crippen molar-refractivity contribution in [1.29, 1.82) is 0 Å². The fourth-order valence-corrected chi connectivity index (χ4v) is 2.85. The van der Waals surface area contributed by atoms with Gasteiger partial charge in [-0.3, -0.25) is 0 Å². The number of ether oxygens (including phenoxy) is 2. The average Bonchev–Trinajstić information content (AvgIpc) is 2.77. The molecular weight excluding hydrogens is 384 g/mol. The highest BCUT2D eigenvalue weighted by Crippen LogP contribution is 2.36. The number of hydrogen-bond acceptors (Lipinski definition) is 4. The van der Waals surface area contributed by atoms with Crippen molar-refractivity contribution in [2.24, 2.45) is 0 Å². The van der Waals surface area contributed by atoms with Crippen molar-refractivity contribution in [3.63, 3.8) is 0 Å². The SMILES string of the molecule is COc1cc(-c2ccc(C(=O)O)cc2)c(OC)cc1C#Cc1ccc(C(=O)O)cc1. The molecule has 150 valence electrons. The molecule has 30 heavy (non-hydrogen) atoms. The maximum absolute atomic E-state index is 11.1. The van der Waals surface area contributed by atoms with Gasteiger partial charge in [-0.2, -0.15) is 0 Å². The van der Waals surface area contributed by atoms with Gasteiger partial charge in [0.25, 0.3) is 0 Å². The van der Waals surface area contributed by atoms with E-state index in [0.717, 1.165) is 11.1 Å². The quantitative estimate of drug-likeness (QED) is 0.623. The summed E-state index contributed by atoms with van der Waals surface area (Å²) >= 11 is 0. The smallest absolute Gasteiger partial charge is 0.335 e. The van der Waals surface area contributed by atoms with Gasteiger partial charge < -0.3 is 19.7 Å². The van der Waals surface area contributed by atoms with Gasteiger partial charge in [0.15, 0.2) is 0 Å². The number of aromatic carboxylic acids is 2. The molecule has 0 aliphatic rings. The van der Waals surface area contributed by atoms with Crippen LogP contribution >= 0.6 is 0 Å². The van der Waals surface area contributed by atoms with Gasteiger partial charge in [0.2, 0.25) is 0 Å². The minimum atomic E-state index is -0.993. The predicted molar refractivity (Wildman–Crippen MR) is 111 cm³/mol. The second kappa shape index (κ2) is 8.84. The van der Waals surface area contributed by atoms with Gasteiger partial charge in [-0.1, -0.05) is 24.0 Å². The second-order valence-corrected chi connectivity index (χ2v) is 6.27. The molecule has 0 heterocycles. The Balaban J connectivity index is 1.99. The van der Waals surface area contributed by atoms with E-state index in [1.54, 1.807) is 43.5 Å². The standard InChI is InChI=1S/C24H18O6/c1-29-21-14-20(16-9-11-18(12-10-16)24(27)28)22(30-2)13-19(21)8-5-15-3-6-17(7-4-15)23(25)26/h3-4,6-7,9-14H,1-2H3,(H,25,26)(H,27,28). The van der Waals surface area contributed by atoms with Gasteiger partial charge in [-0.05, 0) is 48.0 Å². The molecule has 0 aliphatic carbocycles. The van der Waals surface area contributed by atoms with Gasteiger partial charge >= 0.3 is 11.9 Å². The van der Waals surface area contributed by atoms with E-state index in [0.29, 0.717) is 22.6 Å². The van der Waals surface area contributed by atoms with Crippen LogP contribution in [-0.2, 0) is 0 Å². The Morgan fingerprint density at radius 3 is 1.77 bits per heavy atom. The molecule has 0 atom stereocenters. The monoisotopic (exact) mass is 402 g/mol. The van der Waals surface area contributed by atoms with E-state index in [4.69, 9.17) is 19.7 Å². The summed E-state index contributed by atoms with van der Waals surface area (Å²) in [6.45, 7) is 0. The van der Waals surface area contributed by atoms with Gasteiger partial charge in [0, 0.05) is 17.2 Å². The van der Waals surface area contributed by atoms with Crippen LogP contribution in [0.5, 0.6) is 11.5 Å². The Labute approximate surface area is 173 Å². The summed E-state index contributed by atoms with van der Waals surface area (Å²) in [6.07, 6.45) is 0. The van der Waals surface area contributed by atoms with E-state index in [1.165, 1.54) is 31.4 Å². The molecule has 0 saturated carbocycles. The maximum Gasteiger partial charge on any atom is 0.335 e. The van der Waals surface area contributed by atoms with Crippen LogP contribution in [0.15, 0.2) is 60.7 Å². The minimum absolute atomic E-state index is 0.193. The molecule has 3 aromatic carbocycles. The van der Waals surface area contributed by atoms with Crippen LogP contribution in [0.25, 0.3) is 11.1 Å². The van der Waals surface area contributed by atoms with E-state index in [-0.39, 0.29) is 11.1 Å². The van der Waals surface area contributed by atoms with Crippen molar-refractivity contribution in [3.8, 4) is 34.5 Å². The van der Waals surface area contributed by atoms with Gasteiger partial charge in [0.1, 0.15) is 11.5 Å². The highest BCUT2D eigenvalue weighted by atomic mass is 16.5. The van der Waals surface area contributed by atoms with Crippen molar-refractivity contribution in [2.75, 3.05) is 14.2 Å². The van der Waals surface area contributed by atoms with Crippen LogP contribution < -0.4 is 9.47 Å². The van der Waals surface area contributed by atoms with Crippen LogP contribution in [0.4, 0.5) is 0 Å². The Morgan fingerprint density at radius 2 is 1.27 bits per heavy atom. The average molecular weight is 402 g/mol. The fourth-order valence-electron chi connectivity index (χ4n) is 2.85. The Kier molecular flexibility index (Phi) is 6.04. The minimum Gasteiger partial charge on any atom is -0.496 e. The molecule has 0 aliphatic heterocycles. The number of carboxylic acids is 2. The van der Waals surface area contributed by atoms with Crippen molar-refractivity contribution in [1.82, 2.24) is 0 Å². The lowest BCUT2D eigenvalue weighted by Gasteiger charge is -2.13. The van der Waals surface area contributed by atoms with Crippen LogP contribution in [0.1, 0.15) is 31.8 Å². The molecule has 0 aromatic heterocycles. The largest absolute Gasteiger partial charge is 0.496 e. The van der Waals surface area contributed by atoms with Crippen molar-refractivity contribution in [3.05, 3.63) is 82.9 Å². The molecule has 2 N–H and O–H groups in total. The Bertz CT molecular complexity index is 1150. The molecule has 0 fully saturated rings. The van der Waals surface area contributed by atoms with E-state index in [9.17, 15) is 9.59 Å². The highest BCUT2D eigenvalue weighted by Gasteiger charge is 2.13. The lowest BCUT2D eigenvalue weighted by Crippen LogP contribution is -1.97. The van der Waals surface area contributed by atoms with Crippen LogP contribution in [0.2, 0.25) is 0 Å². The first-order chi connectivity index (χ1) is 14.4. The van der Waals surface area contributed by atoms with Gasteiger partial charge in [-0.25, -0.2) is 9.59 Å². The summed E-state index contributed by atoms with van der Waals surface area (Å²) in [7, 11) is 3.07. The summed E-state index contributed by atoms with van der Waals surface area (Å²) in [6, 6.07) is 16.3. The molecule has 3 aromatic rings. The Morgan fingerprint density at radius 1 is 0.733 bits per heavy atom. The van der Waals surface area contributed by atoms with Gasteiger partial charge in [0.05, 0.1) is 30.9 Å². The first-order valence-corrected chi connectivity index (χ1v) is 8.88. The summed E-state index contributed by atoms with van der Waals surface area (Å²) < 4.78 is 11.0. The zero-order chi connectivity index (χ0) is 21.7. The van der Waals surface area contributed by atoms with E-state index in [2.05, 4.69) is 11.8 Å². The summed E-state index contributed by atoms with van der Waals surface area (Å²) in [5, 5.41) is 18.0. The maximum atomic E-state index is 11.1. The number of methoxy groups -OCH3 is 2. The molecule has 0 bridgehead atoms. The molecule has 3 rings (SSSR count). The molecule has 6 heteroatoms. The topological polar surface area (TPSA) is 93.1 Å². The number of carboxylic acid groups (broad SMARTS) is 2. The van der Waals surface area contributed by atoms with Crippen LogP contribution in [0.3, 0.4) is 0 Å². The molecule has 0 radical (unpaired) electrons.